The van der Waals surface area contributed by atoms with E-state index in [9.17, 15) is 5.11 Å². The number of aliphatic hydroxyl groups excluding tert-OH is 1. The number of nitrogens with two attached hydrogens (primary N) is 1. The largest absolute Gasteiger partial charge is 0.399 e. The number of aliphatic hydroxyl groups is 1. The quantitative estimate of drug-likeness (QED) is 0.754. The van der Waals surface area contributed by atoms with E-state index in [1.165, 1.54) is 32.1 Å². The smallest absolute Gasteiger partial charge is 0.0917 e. The standard InChI is InChI=1S/C18H30N2O/c1-14(2)10-11-20(17-8-3-4-9-17)13-18(21)15-6-5-7-16(19)12-15/h5-7,12,14,17-18,21H,3-4,8-11,13,19H2,1-2H3. The molecule has 0 spiro atoms. The number of anilines is 1. The molecule has 21 heavy (non-hydrogen) atoms. The van der Waals surface area contributed by atoms with Crippen LogP contribution < -0.4 is 5.73 Å². The van der Waals surface area contributed by atoms with Gasteiger partial charge in [0.15, 0.2) is 0 Å². The molecule has 1 aromatic rings. The Morgan fingerprint density at radius 3 is 2.62 bits per heavy atom. The Morgan fingerprint density at radius 2 is 2.00 bits per heavy atom. The first-order valence-corrected chi connectivity index (χ1v) is 8.34. The van der Waals surface area contributed by atoms with Gasteiger partial charge in [0.1, 0.15) is 0 Å². The second kappa shape index (κ2) is 7.81. The summed E-state index contributed by atoms with van der Waals surface area (Å²) in [4.78, 5) is 2.50. The zero-order valence-corrected chi connectivity index (χ0v) is 13.5. The highest BCUT2D eigenvalue weighted by atomic mass is 16.3. The van der Waals surface area contributed by atoms with E-state index in [2.05, 4.69) is 18.7 Å². The summed E-state index contributed by atoms with van der Waals surface area (Å²) < 4.78 is 0. The van der Waals surface area contributed by atoms with E-state index in [-0.39, 0.29) is 0 Å². The van der Waals surface area contributed by atoms with Crippen molar-refractivity contribution in [2.75, 3.05) is 18.8 Å². The molecule has 0 aliphatic heterocycles. The van der Waals surface area contributed by atoms with Gasteiger partial charge in [-0.25, -0.2) is 0 Å². The molecule has 2 rings (SSSR count). The molecule has 0 radical (unpaired) electrons. The van der Waals surface area contributed by atoms with Crippen LogP contribution in [-0.2, 0) is 0 Å². The Labute approximate surface area is 129 Å². The maximum Gasteiger partial charge on any atom is 0.0917 e. The number of nitrogen functional groups attached to an aromatic ring is 1. The van der Waals surface area contributed by atoms with Crippen molar-refractivity contribution in [3.63, 3.8) is 0 Å². The molecule has 1 aromatic carbocycles. The first kappa shape index (κ1) is 16.3. The molecule has 0 amide bonds. The van der Waals surface area contributed by atoms with E-state index in [0.29, 0.717) is 12.0 Å². The van der Waals surface area contributed by atoms with Crippen LogP contribution in [0.15, 0.2) is 24.3 Å². The molecule has 1 fully saturated rings. The zero-order chi connectivity index (χ0) is 15.2. The van der Waals surface area contributed by atoms with Crippen LogP contribution in [0.3, 0.4) is 0 Å². The highest BCUT2D eigenvalue weighted by Gasteiger charge is 2.24. The third-order valence-electron chi connectivity index (χ3n) is 4.54. The SMILES string of the molecule is CC(C)CCN(CC(O)c1cccc(N)c1)C1CCCC1. The van der Waals surface area contributed by atoms with Crippen molar-refractivity contribution < 1.29 is 5.11 Å². The fraction of sp³-hybridized carbons (Fsp3) is 0.667. The summed E-state index contributed by atoms with van der Waals surface area (Å²) in [6.07, 6.45) is 5.97. The lowest BCUT2D eigenvalue weighted by atomic mass is 10.0. The van der Waals surface area contributed by atoms with Crippen LogP contribution in [0.25, 0.3) is 0 Å². The number of hydrogen-bond acceptors (Lipinski definition) is 3. The maximum atomic E-state index is 10.5. The topological polar surface area (TPSA) is 49.5 Å². The number of nitrogens with zero attached hydrogens (tertiary/aromatic N) is 1. The normalized spacial score (nSPS) is 17.8. The lowest BCUT2D eigenvalue weighted by Crippen LogP contribution is -2.38. The average Bonchev–Trinajstić information content (AvgIpc) is 2.97. The van der Waals surface area contributed by atoms with E-state index in [1.807, 2.05) is 24.3 Å². The summed E-state index contributed by atoms with van der Waals surface area (Å²) in [6.45, 7) is 6.34. The highest BCUT2D eigenvalue weighted by Crippen LogP contribution is 2.26. The zero-order valence-electron chi connectivity index (χ0n) is 13.5. The van der Waals surface area contributed by atoms with Crippen LogP contribution in [0.2, 0.25) is 0 Å². The van der Waals surface area contributed by atoms with Crippen molar-refractivity contribution in [3.8, 4) is 0 Å². The molecule has 118 valence electrons. The molecular weight excluding hydrogens is 260 g/mol. The van der Waals surface area contributed by atoms with Gasteiger partial charge in [-0.1, -0.05) is 38.8 Å². The molecule has 1 unspecified atom stereocenters. The van der Waals surface area contributed by atoms with E-state index in [4.69, 9.17) is 5.73 Å². The average molecular weight is 290 g/mol. The van der Waals surface area contributed by atoms with Crippen molar-refractivity contribution in [1.82, 2.24) is 4.90 Å². The number of hydrogen-bond donors (Lipinski definition) is 2. The van der Waals surface area contributed by atoms with Gasteiger partial charge in [-0.2, -0.15) is 0 Å². The molecular formula is C18H30N2O. The van der Waals surface area contributed by atoms with Gasteiger partial charge in [-0.05, 0) is 49.4 Å². The monoisotopic (exact) mass is 290 g/mol. The third-order valence-corrected chi connectivity index (χ3v) is 4.54. The van der Waals surface area contributed by atoms with Gasteiger partial charge in [0, 0.05) is 18.3 Å². The van der Waals surface area contributed by atoms with Gasteiger partial charge in [0.05, 0.1) is 6.10 Å². The molecule has 3 nitrogen and oxygen atoms in total. The second-order valence-corrected chi connectivity index (χ2v) is 6.80. The summed E-state index contributed by atoms with van der Waals surface area (Å²) in [5, 5.41) is 10.5. The van der Waals surface area contributed by atoms with Gasteiger partial charge >= 0.3 is 0 Å². The molecule has 0 saturated heterocycles. The van der Waals surface area contributed by atoms with Crippen LogP contribution in [0.4, 0.5) is 5.69 Å². The summed E-state index contributed by atoms with van der Waals surface area (Å²) in [5.74, 6) is 0.707. The molecule has 0 aromatic heterocycles. The molecule has 1 aliphatic carbocycles. The molecule has 3 N–H and O–H groups in total. The van der Waals surface area contributed by atoms with Gasteiger partial charge < -0.3 is 10.8 Å². The van der Waals surface area contributed by atoms with Crippen LogP contribution in [0, 0.1) is 5.92 Å². The Hall–Kier alpha value is -1.06. The van der Waals surface area contributed by atoms with Crippen LogP contribution >= 0.6 is 0 Å². The minimum Gasteiger partial charge on any atom is -0.399 e. The Kier molecular flexibility index (Phi) is 6.07. The van der Waals surface area contributed by atoms with Gasteiger partial charge in [0.25, 0.3) is 0 Å². The summed E-state index contributed by atoms with van der Waals surface area (Å²) >= 11 is 0. The second-order valence-electron chi connectivity index (χ2n) is 6.80. The summed E-state index contributed by atoms with van der Waals surface area (Å²) in [6, 6.07) is 8.29. The molecule has 1 aliphatic rings. The molecule has 0 bridgehead atoms. The van der Waals surface area contributed by atoms with Crippen molar-refractivity contribution in [2.24, 2.45) is 5.92 Å². The molecule has 1 atom stereocenters. The lowest BCUT2D eigenvalue weighted by molar-refractivity contribution is 0.0843. The maximum absolute atomic E-state index is 10.5. The highest BCUT2D eigenvalue weighted by molar-refractivity contribution is 5.41. The first-order valence-electron chi connectivity index (χ1n) is 8.34. The number of rotatable bonds is 7. The van der Waals surface area contributed by atoms with Crippen molar-refractivity contribution in [1.29, 1.82) is 0 Å². The fourth-order valence-corrected chi connectivity index (χ4v) is 3.21. The Morgan fingerprint density at radius 1 is 1.29 bits per heavy atom. The summed E-state index contributed by atoms with van der Waals surface area (Å²) in [7, 11) is 0. The summed E-state index contributed by atoms with van der Waals surface area (Å²) in [5.41, 5.74) is 7.48. The lowest BCUT2D eigenvalue weighted by Gasteiger charge is -2.31. The van der Waals surface area contributed by atoms with Crippen LogP contribution in [0.5, 0.6) is 0 Å². The van der Waals surface area contributed by atoms with Gasteiger partial charge in [-0.3, -0.25) is 4.90 Å². The molecule has 1 saturated carbocycles. The predicted octanol–water partition coefficient (Wildman–Crippen LogP) is 3.59. The predicted molar refractivity (Wildman–Crippen MR) is 89.1 cm³/mol. The van der Waals surface area contributed by atoms with Crippen molar-refractivity contribution in [2.45, 2.75) is 58.1 Å². The third kappa shape index (κ3) is 5.01. The Bertz CT molecular complexity index is 427. The minimum absolute atomic E-state index is 0.443. The molecule has 0 heterocycles. The van der Waals surface area contributed by atoms with Crippen molar-refractivity contribution in [3.05, 3.63) is 29.8 Å². The number of benzene rings is 1. The van der Waals surface area contributed by atoms with Gasteiger partial charge in [0.2, 0.25) is 0 Å². The van der Waals surface area contributed by atoms with Crippen LogP contribution in [-0.4, -0.2) is 29.1 Å². The minimum atomic E-state index is -0.443. The van der Waals surface area contributed by atoms with E-state index < -0.39 is 6.10 Å². The van der Waals surface area contributed by atoms with Crippen molar-refractivity contribution >= 4 is 5.69 Å². The van der Waals surface area contributed by atoms with Crippen LogP contribution in [0.1, 0.15) is 57.6 Å². The van der Waals surface area contributed by atoms with E-state index in [0.717, 1.165) is 24.3 Å². The fourth-order valence-electron chi connectivity index (χ4n) is 3.21. The van der Waals surface area contributed by atoms with Gasteiger partial charge in [-0.15, -0.1) is 0 Å². The van der Waals surface area contributed by atoms with E-state index in [1.54, 1.807) is 0 Å². The van der Waals surface area contributed by atoms with E-state index >= 15 is 0 Å². The first-order chi connectivity index (χ1) is 10.1. The molecule has 3 heteroatoms. The Balaban J connectivity index is 1.99.